The molecule has 1 N–H and O–H groups in total. The van der Waals surface area contributed by atoms with Crippen LogP contribution in [0.15, 0.2) is 48.7 Å². The maximum atomic E-state index is 13.2. The molecule has 3 aromatic rings. The molecule has 4 rings (SSSR count). The SMILES string of the molecule is CN(C)c1ncccc1CN1CC[C@@H](c2cc(CCOc3cccc(F)c3)[nH]n2)C1. The summed E-state index contributed by atoms with van der Waals surface area (Å²) < 4.78 is 18.9. The summed E-state index contributed by atoms with van der Waals surface area (Å²) in [4.78, 5) is 9.04. The summed E-state index contributed by atoms with van der Waals surface area (Å²) in [5.41, 5.74) is 3.40. The van der Waals surface area contributed by atoms with Crippen molar-refractivity contribution >= 4 is 5.82 Å². The number of aromatic amines is 1. The van der Waals surface area contributed by atoms with E-state index in [9.17, 15) is 4.39 Å². The van der Waals surface area contributed by atoms with E-state index >= 15 is 0 Å². The third kappa shape index (κ3) is 4.97. The molecule has 0 aliphatic carbocycles. The van der Waals surface area contributed by atoms with Gasteiger partial charge in [0.05, 0.1) is 12.3 Å². The lowest BCUT2D eigenvalue weighted by atomic mass is 10.0. The van der Waals surface area contributed by atoms with E-state index in [2.05, 4.69) is 37.1 Å². The number of hydrogen-bond acceptors (Lipinski definition) is 5. The van der Waals surface area contributed by atoms with Gasteiger partial charge >= 0.3 is 0 Å². The van der Waals surface area contributed by atoms with Gasteiger partial charge in [-0.15, -0.1) is 0 Å². The van der Waals surface area contributed by atoms with Gasteiger partial charge in [-0.25, -0.2) is 9.37 Å². The average Bonchev–Trinajstić information content (AvgIpc) is 3.38. The minimum atomic E-state index is -0.286. The van der Waals surface area contributed by atoms with Gasteiger partial charge in [-0.2, -0.15) is 5.10 Å². The Morgan fingerprint density at radius 3 is 2.97 bits per heavy atom. The molecule has 0 unspecified atom stereocenters. The van der Waals surface area contributed by atoms with Crippen molar-refractivity contribution in [3.63, 3.8) is 0 Å². The Balaban J connectivity index is 1.29. The first-order valence-electron chi connectivity index (χ1n) is 10.3. The van der Waals surface area contributed by atoms with Crippen molar-refractivity contribution < 1.29 is 9.13 Å². The second-order valence-corrected chi connectivity index (χ2v) is 7.98. The van der Waals surface area contributed by atoms with Crippen molar-refractivity contribution in [3.8, 4) is 5.75 Å². The Morgan fingerprint density at radius 2 is 2.13 bits per heavy atom. The fourth-order valence-corrected chi connectivity index (χ4v) is 3.97. The number of H-pyrrole nitrogens is 1. The summed E-state index contributed by atoms with van der Waals surface area (Å²) in [6.45, 7) is 3.43. The molecule has 0 spiro atoms. The first-order valence-corrected chi connectivity index (χ1v) is 10.3. The summed E-state index contributed by atoms with van der Waals surface area (Å²) >= 11 is 0. The average molecular weight is 410 g/mol. The maximum Gasteiger partial charge on any atom is 0.132 e. The quantitative estimate of drug-likeness (QED) is 0.616. The number of anilines is 1. The number of ether oxygens (including phenoxy) is 1. The van der Waals surface area contributed by atoms with E-state index in [1.807, 2.05) is 26.4 Å². The van der Waals surface area contributed by atoms with E-state index in [4.69, 9.17) is 4.74 Å². The summed E-state index contributed by atoms with van der Waals surface area (Å²) in [6, 6.07) is 12.5. The van der Waals surface area contributed by atoms with Gasteiger partial charge in [-0.3, -0.25) is 10.00 Å². The normalized spacial score (nSPS) is 16.7. The van der Waals surface area contributed by atoms with Gasteiger partial charge in [0, 0.05) is 63.0 Å². The van der Waals surface area contributed by atoms with E-state index in [1.54, 1.807) is 12.1 Å². The zero-order valence-electron chi connectivity index (χ0n) is 17.5. The van der Waals surface area contributed by atoms with Crippen molar-refractivity contribution in [1.82, 2.24) is 20.1 Å². The monoisotopic (exact) mass is 409 g/mol. The summed E-state index contributed by atoms with van der Waals surface area (Å²) in [5, 5.41) is 7.67. The second-order valence-electron chi connectivity index (χ2n) is 7.98. The third-order valence-corrected chi connectivity index (χ3v) is 5.46. The fraction of sp³-hybridized carbons (Fsp3) is 0.391. The van der Waals surface area contributed by atoms with Crippen LogP contribution in [0, 0.1) is 5.82 Å². The fourth-order valence-electron chi connectivity index (χ4n) is 3.97. The Morgan fingerprint density at radius 1 is 1.23 bits per heavy atom. The largest absolute Gasteiger partial charge is 0.493 e. The van der Waals surface area contributed by atoms with Crippen LogP contribution in [0.1, 0.15) is 29.3 Å². The molecule has 1 aliphatic rings. The highest BCUT2D eigenvalue weighted by Crippen LogP contribution is 2.28. The molecule has 1 atom stereocenters. The van der Waals surface area contributed by atoms with Crippen LogP contribution in [0.25, 0.3) is 0 Å². The summed E-state index contributed by atoms with van der Waals surface area (Å²) in [7, 11) is 4.06. The molecule has 3 heterocycles. The molecule has 1 aromatic carbocycles. The summed E-state index contributed by atoms with van der Waals surface area (Å²) in [6.07, 6.45) is 3.65. The Bertz CT molecular complexity index is 973. The van der Waals surface area contributed by atoms with E-state index in [0.717, 1.165) is 43.3 Å². The number of aromatic nitrogens is 3. The van der Waals surface area contributed by atoms with E-state index in [1.165, 1.54) is 17.7 Å². The zero-order chi connectivity index (χ0) is 20.9. The molecular formula is C23H28FN5O. The number of pyridine rings is 1. The number of nitrogens with one attached hydrogen (secondary N) is 1. The van der Waals surface area contributed by atoms with Crippen molar-refractivity contribution in [2.24, 2.45) is 0 Å². The van der Waals surface area contributed by atoms with Crippen LogP contribution < -0.4 is 9.64 Å². The lowest BCUT2D eigenvalue weighted by Gasteiger charge is -2.20. The van der Waals surface area contributed by atoms with Gasteiger partial charge in [0.2, 0.25) is 0 Å². The first-order chi connectivity index (χ1) is 14.6. The van der Waals surface area contributed by atoms with Crippen LogP contribution in [0.5, 0.6) is 5.75 Å². The van der Waals surface area contributed by atoms with Crippen LogP contribution in [0.4, 0.5) is 10.2 Å². The number of halogens is 1. The third-order valence-electron chi connectivity index (χ3n) is 5.46. The highest BCUT2D eigenvalue weighted by atomic mass is 19.1. The van der Waals surface area contributed by atoms with Crippen LogP contribution in [-0.4, -0.2) is 53.9 Å². The lowest BCUT2D eigenvalue weighted by molar-refractivity contribution is 0.319. The lowest BCUT2D eigenvalue weighted by Crippen LogP contribution is -2.22. The molecule has 158 valence electrons. The van der Waals surface area contributed by atoms with Crippen molar-refractivity contribution in [2.45, 2.75) is 25.3 Å². The van der Waals surface area contributed by atoms with E-state index < -0.39 is 0 Å². The first kappa shape index (κ1) is 20.3. The van der Waals surface area contributed by atoms with Crippen molar-refractivity contribution in [1.29, 1.82) is 0 Å². The van der Waals surface area contributed by atoms with Gasteiger partial charge in [0.15, 0.2) is 0 Å². The Hall–Kier alpha value is -2.93. The van der Waals surface area contributed by atoms with Gasteiger partial charge in [0.25, 0.3) is 0 Å². The van der Waals surface area contributed by atoms with Crippen LogP contribution in [-0.2, 0) is 13.0 Å². The zero-order valence-corrected chi connectivity index (χ0v) is 17.5. The van der Waals surface area contributed by atoms with Gasteiger partial charge in [-0.1, -0.05) is 12.1 Å². The molecule has 0 bridgehead atoms. The smallest absolute Gasteiger partial charge is 0.132 e. The summed E-state index contributed by atoms with van der Waals surface area (Å²) in [5.74, 6) is 1.72. The van der Waals surface area contributed by atoms with Gasteiger partial charge < -0.3 is 9.64 Å². The van der Waals surface area contributed by atoms with Gasteiger partial charge in [-0.05, 0) is 37.2 Å². The number of rotatable bonds is 8. The molecule has 2 aromatic heterocycles. The minimum Gasteiger partial charge on any atom is -0.493 e. The Kier molecular flexibility index (Phi) is 6.28. The van der Waals surface area contributed by atoms with Gasteiger partial charge in [0.1, 0.15) is 17.4 Å². The number of likely N-dealkylation sites (tertiary alicyclic amines) is 1. The maximum absolute atomic E-state index is 13.2. The standard InChI is InChI=1S/C23H28FN5O/c1-28(2)23-18(5-4-10-25-23)16-29-11-8-17(15-29)22-14-20(26-27-22)9-12-30-21-7-3-6-19(24)13-21/h3-7,10,13-14,17H,8-9,11-12,15-16H2,1-2H3,(H,26,27)/t17-/m1/s1. The number of hydrogen-bond donors (Lipinski definition) is 1. The van der Waals surface area contributed by atoms with E-state index in [-0.39, 0.29) is 5.82 Å². The second kappa shape index (κ2) is 9.26. The highest BCUT2D eigenvalue weighted by Gasteiger charge is 2.26. The molecular weight excluding hydrogens is 381 g/mol. The Labute approximate surface area is 176 Å². The molecule has 0 amide bonds. The topological polar surface area (TPSA) is 57.3 Å². The predicted octanol–water partition coefficient (Wildman–Crippen LogP) is 3.62. The minimum absolute atomic E-state index is 0.286. The van der Waals surface area contributed by atoms with Crippen molar-refractivity contribution in [2.75, 3.05) is 38.7 Å². The molecule has 30 heavy (non-hydrogen) atoms. The van der Waals surface area contributed by atoms with Crippen LogP contribution in [0.2, 0.25) is 0 Å². The molecule has 1 aliphatic heterocycles. The molecule has 0 saturated carbocycles. The van der Waals surface area contributed by atoms with Crippen LogP contribution >= 0.6 is 0 Å². The molecule has 1 saturated heterocycles. The molecule has 1 fully saturated rings. The van der Waals surface area contributed by atoms with E-state index in [0.29, 0.717) is 24.7 Å². The number of benzene rings is 1. The molecule has 0 radical (unpaired) electrons. The van der Waals surface area contributed by atoms with Crippen molar-refractivity contribution in [3.05, 3.63) is 71.4 Å². The predicted molar refractivity (Wildman–Crippen MR) is 115 cm³/mol. The molecule has 7 heteroatoms. The molecule has 6 nitrogen and oxygen atoms in total. The van der Waals surface area contributed by atoms with Crippen LogP contribution in [0.3, 0.4) is 0 Å². The number of nitrogens with zero attached hydrogens (tertiary/aromatic N) is 4. The highest BCUT2D eigenvalue weighted by molar-refractivity contribution is 5.45.